The Kier molecular flexibility index (Phi) is 6.10. The van der Waals surface area contributed by atoms with Gasteiger partial charge < -0.3 is 14.5 Å². The molecule has 1 N–H and O–H groups in total. The van der Waals surface area contributed by atoms with Crippen LogP contribution in [0.5, 0.6) is 5.75 Å². The first-order valence-electron chi connectivity index (χ1n) is 10.5. The maximum Gasteiger partial charge on any atom is 0.297 e. The number of nitrogens with one attached hydrogen (secondary N) is 1. The predicted octanol–water partition coefficient (Wildman–Crippen LogP) is 1.43. The Balaban J connectivity index is 1.31. The van der Waals surface area contributed by atoms with Crippen LogP contribution in [-0.2, 0) is 4.79 Å². The number of carbonyl (C=O) groups is 1. The van der Waals surface area contributed by atoms with Crippen LogP contribution >= 0.6 is 0 Å². The number of rotatable bonds is 6. The normalized spacial score (nSPS) is 17.3. The number of para-hydroxylation sites is 2. The highest BCUT2D eigenvalue weighted by Gasteiger charge is 2.28. The molecule has 2 heterocycles. The molecule has 0 aromatic heterocycles. The first-order valence-corrected chi connectivity index (χ1v) is 10.5. The van der Waals surface area contributed by atoms with Crippen molar-refractivity contribution in [1.82, 2.24) is 5.01 Å². The van der Waals surface area contributed by atoms with E-state index in [-0.39, 0.29) is 5.91 Å². The van der Waals surface area contributed by atoms with Crippen LogP contribution in [-0.4, -0.2) is 62.5 Å². The largest absolute Gasteiger partial charge is 0.492 e. The van der Waals surface area contributed by atoms with Gasteiger partial charge in [-0.05, 0) is 24.6 Å². The molecule has 6 heteroatoms. The van der Waals surface area contributed by atoms with Gasteiger partial charge in [0.25, 0.3) is 5.91 Å². The minimum Gasteiger partial charge on any atom is -0.492 e. The van der Waals surface area contributed by atoms with Crippen LogP contribution in [0.3, 0.4) is 0 Å². The summed E-state index contributed by atoms with van der Waals surface area (Å²) in [5, 5.41) is 6.24. The Hall–Kier alpha value is -2.86. The van der Waals surface area contributed by atoms with Gasteiger partial charge in [0.15, 0.2) is 6.54 Å². The van der Waals surface area contributed by atoms with Gasteiger partial charge in [-0.2, -0.15) is 5.10 Å². The number of anilines is 1. The Morgan fingerprint density at radius 3 is 2.52 bits per heavy atom. The monoisotopic (exact) mass is 393 g/mol. The number of benzene rings is 2. The predicted molar refractivity (Wildman–Crippen MR) is 115 cm³/mol. The molecule has 2 aromatic rings. The number of amides is 1. The molecule has 0 bridgehead atoms. The molecule has 2 aliphatic rings. The van der Waals surface area contributed by atoms with Gasteiger partial charge in [-0.3, -0.25) is 4.79 Å². The van der Waals surface area contributed by atoms with Gasteiger partial charge >= 0.3 is 0 Å². The van der Waals surface area contributed by atoms with Crippen molar-refractivity contribution in [3.8, 4) is 5.75 Å². The summed E-state index contributed by atoms with van der Waals surface area (Å²) in [5.74, 6) is 1.06. The molecule has 0 atom stereocenters. The highest BCUT2D eigenvalue weighted by Crippen LogP contribution is 2.27. The van der Waals surface area contributed by atoms with Crippen LogP contribution in [0.1, 0.15) is 18.9 Å². The zero-order chi connectivity index (χ0) is 20.1. The lowest BCUT2D eigenvalue weighted by Gasteiger charge is -2.34. The Morgan fingerprint density at radius 1 is 1.03 bits per heavy atom. The highest BCUT2D eigenvalue weighted by molar-refractivity contribution is 6.02. The molecule has 2 aliphatic heterocycles. The molecule has 1 saturated heterocycles. The minimum atomic E-state index is 0.120. The molecule has 6 nitrogen and oxygen atoms in total. The Labute approximate surface area is 172 Å². The van der Waals surface area contributed by atoms with Gasteiger partial charge in [0.2, 0.25) is 0 Å². The van der Waals surface area contributed by atoms with Gasteiger partial charge in [-0.15, -0.1) is 0 Å². The molecule has 4 rings (SSSR count). The number of piperazine rings is 1. The van der Waals surface area contributed by atoms with E-state index >= 15 is 0 Å². The molecule has 0 spiro atoms. The molecular weight excluding hydrogens is 364 g/mol. The maximum absolute atomic E-state index is 12.7. The number of hydrogen-bond donors (Lipinski definition) is 1. The van der Waals surface area contributed by atoms with Gasteiger partial charge in [0.05, 0.1) is 50.7 Å². The molecule has 0 saturated carbocycles. The first-order chi connectivity index (χ1) is 14.2. The SMILES string of the molecule is CCOc1ccccc1N1CC[NH+](CC(=O)N2CCC(c3ccccc3)=N2)CC1. The average Bonchev–Trinajstić information content (AvgIpc) is 3.26. The number of hydrogen-bond acceptors (Lipinski definition) is 4. The number of carbonyl (C=O) groups excluding carboxylic acids is 1. The molecule has 0 aliphatic carbocycles. The number of ether oxygens (including phenoxy) is 1. The summed E-state index contributed by atoms with van der Waals surface area (Å²) in [5.41, 5.74) is 3.26. The van der Waals surface area contributed by atoms with Crippen molar-refractivity contribution < 1.29 is 14.4 Å². The van der Waals surface area contributed by atoms with Crippen molar-refractivity contribution in [3.05, 3.63) is 60.2 Å². The number of nitrogens with zero attached hydrogens (tertiary/aromatic N) is 3. The van der Waals surface area contributed by atoms with Crippen molar-refractivity contribution in [3.63, 3.8) is 0 Å². The van der Waals surface area contributed by atoms with Crippen LogP contribution in [0.15, 0.2) is 59.7 Å². The first kappa shape index (κ1) is 19.5. The van der Waals surface area contributed by atoms with Crippen LogP contribution in [0, 0.1) is 0 Å². The summed E-state index contributed by atoms with van der Waals surface area (Å²) in [4.78, 5) is 16.4. The second kappa shape index (κ2) is 9.09. The van der Waals surface area contributed by atoms with Crippen molar-refractivity contribution in [2.45, 2.75) is 13.3 Å². The third kappa shape index (κ3) is 4.59. The van der Waals surface area contributed by atoms with E-state index in [0.717, 1.165) is 55.3 Å². The molecule has 1 amide bonds. The minimum absolute atomic E-state index is 0.120. The van der Waals surface area contributed by atoms with Crippen LogP contribution in [0.25, 0.3) is 0 Å². The zero-order valence-corrected chi connectivity index (χ0v) is 17.0. The van der Waals surface area contributed by atoms with E-state index in [1.165, 1.54) is 4.90 Å². The van der Waals surface area contributed by atoms with Crippen molar-refractivity contribution in [1.29, 1.82) is 0 Å². The third-order valence-corrected chi connectivity index (χ3v) is 5.57. The standard InChI is InChI=1S/C23H28N4O2/c1-2-29-22-11-7-6-10-21(22)26-16-14-25(15-17-26)18-23(28)27-13-12-20(24-27)19-8-4-3-5-9-19/h3-11H,2,12-18H2,1H3/p+1. The fraction of sp³-hybridized carbons (Fsp3) is 0.391. The molecule has 0 unspecified atom stereocenters. The maximum atomic E-state index is 12.7. The highest BCUT2D eigenvalue weighted by atomic mass is 16.5. The molecule has 0 radical (unpaired) electrons. The fourth-order valence-corrected chi connectivity index (χ4v) is 4.01. The molecule has 152 valence electrons. The quantitative estimate of drug-likeness (QED) is 0.808. The zero-order valence-electron chi connectivity index (χ0n) is 17.0. The van der Waals surface area contributed by atoms with Crippen LogP contribution < -0.4 is 14.5 Å². The van der Waals surface area contributed by atoms with E-state index < -0.39 is 0 Å². The second-order valence-electron chi connectivity index (χ2n) is 7.49. The lowest BCUT2D eigenvalue weighted by molar-refractivity contribution is -0.892. The van der Waals surface area contributed by atoms with E-state index in [0.29, 0.717) is 19.7 Å². The Morgan fingerprint density at radius 2 is 1.76 bits per heavy atom. The van der Waals surface area contributed by atoms with E-state index in [1.807, 2.05) is 37.3 Å². The molecule has 29 heavy (non-hydrogen) atoms. The van der Waals surface area contributed by atoms with Gasteiger partial charge in [0, 0.05) is 6.42 Å². The number of hydrazone groups is 1. The number of quaternary nitrogens is 1. The summed E-state index contributed by atoms with van der Waals surface area (Å²) in [7, 11) is 0. The second-order valence-corrected chi connectivity index (χ2v) is 7.49. The summed E-state index contributed by atoms with van der Waals surface area (Å²) < 4.78 is 5.77. The summed E-state index contributed by atoms with van der Waals surface area (Å²) in [6.07, 6.45) is 0.826. The van der Waals surface area contributed by atoms with E-state index in [9.17, 15) is 4.79 Å². The van der Waals surface area contributed by atoms with E-state index in [1.54, 1.807) is 5.01 Å². The van der Waals surface area contributed by atoms with Crippen molar-refractivity contribution in [2.24, 2.45) is 5.10 Å². The van der Waals surface area contributed by atoms with Crippen LogP contribution in [0.4, 0.5) is 5.69 Å². The fourth-order valence-electron chi connectivity index (χ4n) is 4.01. The summed E-state index contributed by atoms with van der Waals surface area (Å²) in [6.45, 7) is 7.59. The van der Waals surface area contributed by atoms with Crippen LogP contribution in [0.2, 0.25) is 0 Å². The topological polar surface area (TPSA) is 49.6 Å². The lowest BCUT2D eigenvalue weighted by atomic mass is 10.1. The van der Waals surface area contributed by atoms with E-state index in [4.69, 9.17) is 4.74 Å². The van der Waals surface area contributed by atoms with Crippen molar-refractivity contribution in [2.75, 3.05) is 50.8 Å². The molecule has 1 fully saturated rings. The van der Waals surface area contributed by atoms with E-state index in [2.05, 4.69) is 34.3 Å². The molecule has 2 aromatic carbocycles. The summed E-state index contributed by atoms with van der Waals surface area (Å²) in [6, 6.07) is 18.3. The van der Waals surface area contributed by atoms with Gasteiger partial charge in [0.1, 0.15) is 5.75 Å². The lowest BCUT2D eigenvalue weighted by Crippen LogP contribution is -3.15. The van der Waals surface area contributed by atoms with Gasteiger partial charge in [-0.1, -0.05) is 42.5 Å². The molecular formula is C23H29N4O2+. The van der Waals surface area contributed by atoms with Crippen molar-refractivity contribution >= 4 is 17.3 Å². The third-order valence-electron chi connectivity index (χ3n) is 5.57. The Bertz CT molecular complexity index is 860. The van der Waals surface area contributed by atoms with Gasteiger partial charge in [-0.25, -0.2) is 5.01 Å². The smallest absolute Gasteiger partial charge is 0.297 e. The summed E-state index contributed by atoms with van der Waals surface area (Å²) >= 11 is 0. The average molecular weight is 394 g/mol.